The van der Waals surface area contributed by atoms with Crippen LogP contribution in [0.1, 0.15) is 12.8 Å². The van der Waals surface area contributed by atoms with Crippen LogP contribution in [-0.2, 0) is 9.53 Å². The predicted octanol–water partition coefficient (Wildman–Crippen LogP) is -0.175. The van der Waals surface area contributed by atoms with Crippen molar-refractivity contribution in [1.82, 2.24) is 0 Å². The highest BCUT2D eigenvalue weighted by atomic mass is 16.5. The highest BCUT2D eigenvalue weighted by molar-refractivity contribution is 5.67. The molecule has 1 aliphatic rings. The smallest absolute Gasteiger partial charge is 0.303 e. The third-order valence-electron chi connectivity index (χ3n) is 1.97. The van der Waals surface area contributed by atoms with E-state index in [4.69, 9.17) is 15.6 Å². The Hall–Kier alpha value is -0.610. The first kappa shape index (κ1) is 8.49. The van der Waals surface area contributed by atoms with E-state index in [1.54, 1.807) is 0 Å². The molecule has 0 aromatic heterocycles. The van der Waals surface area contributed by atoms with Gasteiger partial charge in [-0.3, -0.25) is 4.79 Å². The molecule has 2 atom stereocenters. The van der Waals surface area contributed by atoms with Crippen molar-refractivity contribution < 1.29 is 14.6 Å². The van der Waals surface area contributed by atoms with E-state index in [0.29, 0.717) is 13.2 Å². The Labute approximate surface area is 65.3 Å². The van der Waals surface area contributed by atoms with Crippen molar-refractivity contribution in [2.24, 2.45) is 11.7 Å². The summed E-state index contributed by atoms with van der Waals surface area (Å²) in [4.78, 5) is 10.3. The van der Waals surface area contributed by atoms with Crippen LogP contribution in [0.25, 0.3) is 0 Å². The second kappa shape index (κ2) is 3.69. The van der Waals surface area contributed by atoms with E-state index in [9.17, 15) is 4.79 Å². The first-order valence-electron chi connectivity index (χ1n) is 3.75. The molecule has 4 nitrogen and oxygen atoms in total. The van der Waals surface area contributed by atoms with Crippen LogP contribution in [0.4, 0.5) is 0 Å². The third-order valence-corrected chi connectivity index (χ3v) is 1.97. The van der Waals surface area contributed by atoms with E-state index in [1.807, 2.05) is 0 Å². The number of carbonyl (C=O) groups is 1. The Morgan fingerprint density at radius 2 is 2.45 bits per heavy atom. The topological polar surface area (TPSA) is 72.5 Å². The van der Waals surface area contributed by atoms with Crippen molar-refractivity contribution in [3.63, 3.8) is 0 Å². The Kier molecular flexibility index (Phi) is 2.84. The number of hydrogen-bond acceptors (Lipinski definition) is 3. The van der Waals surface area contributed by atoms with Gasteiger partial charge < -0.3 is 15.6 Å². The van der Waals surface area contributed by atoms with Gasteiger partial charge in [0.25, 0.3) is 0 Å². The number of hydrogen-bond donors (Lipinski definition) is 2. The summed E-state index contributed by atoms with van der Waals surface area (Å²) >= 11 is 0. The van der Waals surface area contributed by atoms with Gasteiger partial charge >= 0.3 is 5.97 Å². The second-order valence-electron chi connectivity index (χ2n) is 2.89. The molecule has 64 valence electrons. The van der Waals surface area contributed by atoms with Gasteiger partial charge in [-0.2, -0.15) is 0 Å². The van der Waals surface area contributed by atoms with Crippen molar-refractivity contribution in [3.8, 4) is 0 Å². The molecular weight excluding hydrogens is 146 g/mol. The fourth-order valence-electron chi connectivity index (χ4n) is 1.25. The zero-order valence-corrected chi connectivity index (χ0v) is 6.32. The highest BCUT2D eigenvalue weighted by Gasteiger charge is 2.24. The molecule has 4 heteroatoms. The molecule has 3 N–H and O–H groups in total. The van der Waals surface area contributed by atoms with E-state index in [0.717, 1.165) is 6.42 Å². The van der Waals surface area contributed by atoms with Gasteiger partial charge in [0.15, 0.2) is 0 Å². The lowest BCUT2D eigenvalue weighted by atomic mass is 9.94. The normalized spacial score (nSPS) is 31.7. The average Bonchev–Trinajstić information content (AvgIpc) is 1.93. The molecule has 0 spiro atoms. The van der Waals surface area contributed by atoms with Crippen LogP contribution >= 0.6 is 0 Å². The summed E-state index contributed by atoms with van der Waals surface area (Å²) in [5, 5.41) is 8.47. The van der Waals surface area contributed by atoms with Crippen LogP contribution in [0, 0.1) is 5.92 Å². The van der Waals surface area contributed by atoms with Crippen LogP contribution in [0.15, 0.2) is 0 Å². The SMILES string of the molecule is N[C@@H]1CCOC[C@@H]1CC(=O)O. The summed E-state index contributed by atoms with van der Waals surface area (Å²) in [6.45, 7) is 1.16. The maximum absolute atomic E-state index is 10.3. The van der Waals surface area contributed by atoms with Gasteiger partial charge in [-0.25, -0.2) is 0 Å². The molecule has 1 rings (SSSR count). The van der Waals surface area contributed by atoms with Crippen LogP contribution < -0.4 is 5.73 Å². The standard InChI is InChI=1S/C7H13NO3/c8-6-1-2-11-4-5(6)3-7(9)10/h5-6H,1-4,8H2,(H,9,10)/t5-,6+/m0/s1. The molecular formula is C7H13NO3. The number of aliphatic carboxylic acids is 1. The lowest BCUT2D eigenvalue weighted by molar-refractivity contribution is -0.139. The monoisotopic (exact) mass is 159 g/mol. The Morgan fingerprint density at radius 3 is 3.00 bits per heavy atom. The average molecular weight is 159 g/mol. The Morgan fingerprint density at radius 1 is 1.73 bits per heavy atom. The van der Waals surface area contributed by atoms with Crippen LogP contribution in [-0.4, -0.2) is 30.3 Å². The maximum atomic E-state index is 10.3. The lowest BCUT2D eigenvalue weighted by Gasteiger charge is -2.27. The first-order chi connectivity index (χ1) is 5.20. The minimum atomic E-state index is -0.795. The molecule has 0 radical (unpaired) electrons. The van der Waals surface area contributed by atoms with E-state index in [1.165, 1.54) is 0 Å². The molecule has 0 bridgehead atoms. The summed E-state index contributed by atoms with van der Waals surface area (Å²) in [5.74, 6) is -0.794. The van der Waals surface area contributed by atoms with E-state index in [-0.39, 0.29) is 18.4 Å². The highest BCUT2D eigenvalue weighted by Crippen LogP contribution is 2.15. The van der Waals surface area contributed by atoms with Crippen LogP contribution in [0.2, 0.25) is 0 Å². The fraction of sp³-hybridized carbons (Fsp3) is 0.857. The second-order valence-corrected chi connectivity index (χ2v) is 2.89. The molecule has 1 heterocycles. The molecule has 1 fully saturated rings. The van der Waals surface area contributed by atoms with E-state index < -0.39 is 5.97 Å². The zero-order chi connectivity index (χ0) is 8.27. The van der Waals surface area contributed by atoms with E-state index >= 15 is 0 Å². The Bertz CT molecular complexity index is 149. The molecule has 0 saturated carbocycles. The number of carboxylic acid groups (broad SMARTS) is 1. The lowest BCUT2D eigenvalue weighted by Crippen LogP contribution is -2.39. The third kappa shape index (κ3) is 2.48. The molecule has 0 aliphatic carbocycles. The van der Waals surface area contributed by atoms with Crippen molar-refractivity contribution in [3.05, 3.63) is 0 Å². The van der Waals surface area contributed by atoms with Gasteiger partial charge in [-0.1, -0.05) is 0 Å². The van der Waals surface area contributed by atoms with Gasteiger partial charge in [0.2, 0.25) is 0 Å². The number of nitrogens with two attached hydrogens (primary N) is 1. The molecule has 11 heavy (non-hydrogen) atoms. The van der Waals surface area contributed by atoms with Crippen molar-refractivity contribution in [2.45, 2.75) is 18.9 Å². The quantitative estimate of drug-likeness (QED) is 0.586. The molecule has 0 amide bonds. The van der Waals surface area contributed by atoms with Gasteiger partial charge in [0, 0.05) is 18.6 Å². The predicted molar refractivity (Wildman–Crippen MR) is 39.2 cm³/mol. The number of carboxylic acids is 1. The summed E-state index contributed by atoms with van der Waals surface area (Å²) in [6, 6.07) is -0.000139. The number of ether oxygens (including phenoxy) is 1. The summed E-state index contributed by atoms with van der Waals surface area (Å²) in [7, 11) is 0. The largest absolute Gasteiger partial charge is 0.481 e. The van der Waals surface area contributed by atoms with Crippen molar-refractivity contribution in [2.75, 3.05) is 13.2 Å². The van der Waals surface area contributed by atoms with Gasteiger partial charge in [0.05, 0.1) is 13.0 Å². The molecule has 1 saturated heterocycles. The van der Waals surface area contributed by atoms with Gasteiger partial charge in [-0.05, 0) is 6.42 Å². The summed E-state index contributed by atoms with van der Waals surface area (Å²) < 4.78 is 5.11. The van der Waals surface area contributed by atoms with Crippen molar-refractivity contribution >= 4 is 5.97 Å². The molecule has 0 aromatic carbocycles. The maximum Gasteiger partial charge on any atom is 0.303 e. The van der Waals surface area contributed by atoms with Crippen LogP contribution in [0.3, 0.4) is 0 Å². The first-order valence-corrected chi connectivity index (χ1v) is 3.75. The summed E-state index contributed by atoms with van der Waals surface area (Å²) in [6.07, 6.45) is 0.902. The molecule has 0 unspecified atom stereocenters. The van der Waals surface area contributed by atoms with Gasteiger partial charge in [-0.15, -0.1) is 0 Å². The van der Waals surface area contributed by atoms with Crippen LogP contribution in [0.5, 0.6) is 0 Å². The Balaban J connectivity index is 2.35. The number of rotatable bonds is 2. The summed E-state index contributed by atoms with van der Waals surface area (Å²) in [5.41, 5.74) is 5.68. The fourth-order valence-corrected chi connectivity index (χ4v) is 1.25. The van der Waals surface area contributed by atoms with E-state index in [2.05, 4.69) is 0 Å². The molecule has 0 aromatic rings. The van der Waals surface area contributed by atoms with Gasteiger partial charge in [0.1, 0.15) is 0 Å². The van der Waals surface area contributed by atoms with Crippen molar-refractivity contribution in [1.29, 1.82) is 0 Å². The zero-order valence-electron chi connectivity index (χ0n) is 6.32. The minimum absolute atomic E-state index is 0.000139. The molecule has 1 aliphatic heterocycles. The minimum Gasteiger partial charge on any atom is -0.481 e.